The number of rotatable bonds is 6. The fourth-order valence-corrected chi connectivity index (χ4v) is 3.54. The average Bonchev–Trinajstić information content (AvgIpc) is 3.17. The van der Waals surface area contributed by atoms with Gasteiger partial charge in [-0.2, -0.15) is 0 Å². The minimum Gasteiger partial charge on any atom is -0.448 e. The monoisotopic (exact) mass is 411 g/mol. The lowest BCUT2D eigenvalue weighted by atomic mass is 10.0. The fourth-order valence-electron chi connectivity index (χ4n) is 3.42. The second-order valence-electron chi connectivity index (χ2n) is 6.56. The molecule has 3 rings (SSSR count). The number of amides is 1. The molecule has 1 aliphatic heterocycles. The van der Waals surface area contributed by atoms with E-state index in [9.17, 15) is 4.79 Å². The van der Waals surface area contributed by atoms with Crippen molar-refractivity contribution in [1.29, 1.82) is 0 Å². The van der Waals surface area contributed by atoms with Gasteiger partial charge in [0.25, 0.3) is 0 Å². The number of carbonyl (C=O) groups excluding carboxylic acids is 1. The van der Waals surface area contributed by atoms with Gasteiger partial charge in [0.05, 0.1) is 12.6 Å². The fraction of sp³-hybridized carbons (Fsp3) is 0.450. The molecule has 0 N–H and O–H groups in total. The molecule has 2 heterocycles. The molecule has 27 heavy (non-hydrogen) atoms. The van der Waals surface area contributed by atoms with Gasteiger partial charge in [0.15, 0.2) is 0 Å². The molecule has 148 valence electrons. The van der Waals surface area contributed by atoms with Crippen LogP contribution in [-0.4, -0.2) is 48.0 Å². The van der Waals surface area contributed by atoms with Crippen molar-refractivity contribution in [3.05, 3.63) is 59.4 Å². The maximum atomic E-state index is 12.4. The van der Waals surface area contributed by atoms with Crippen LogP contribution in [0.2, 0.25) is 5.02 Å². The predicted octanol–water partition coefficient (Wildman–Crippen LogP) is 4.36. The van der Waals surface area contributed by atoms with Crippen LogP contribution in [0.3, 0.4) is 0 Å². The summed E-state index contributed by atoms with van der Waals surface area (Å²) in [5, 5.41) is 2.53. The molecule has 1 aromatic heterocycles. The summed E-state index contributed by atoms with van der Waals surface area (Å²) < 4.78 is 7.10. The molecule has 1 amide bonds. The van der Waals surface area contributed by atoms with Gasteiger partial charge < -0.3 is 9.64 Å². The molecule has 1 saturated heterocycles. The Balaban J connectivity index is 0.00000261. The highest BCUT2D eigenvalue weighted by Gasteiger charge is 2.29. The van der Waals surface area contributed by atoms with Crippen LogP contribution in [0.5, 0.6) is 0 Å². The average molecular weight is 412 g/mol. The topological polar surface area (TPSA) is 37.7 Å². The summed E-state index contributed by atoms with van der Waals surface area (Å²) in [5.74, 6) is 0. The summed E-state index contributed by atoms with van der Waals surface area (Å²) in [6, 6.07) is 12.1. The van der Waals surface area contributed by atoms with E-state index in [1.54, 1.807) is 5.01 Å². The molecule has 0 unspecified atom stereocenters. The van der Waals surface area contributed by atoms with E-state index in [1.165, 1.54) is 5.56 Å². The Hall–Kier alpha value is -1.69. The summed E-state index contributed by atoms with van der Waals surface area (Å²) in [6.45, 7) is 5.21. The van der Waals surface area contributed by atoms with Crippen molar-refractivity contribution < 1.29 is 9.53 Å². The van der Waals surface area contributed by atoms with Crippen molar-refractivity contribution in [2.75, 3.05) is 31.3 Å². The molecule has 0 aliphatic carbocycles. The summed E-state index contributed by atoms with van der Waals surface area (Å²) in [7, 11) is 0. The van der Waals surface area contributed by atoms with Gasteiger partial charge in [-0.05, 0) is 56.0 Å². The van der Waals surface area contributed by atoms with Crippen LogP contribution >= 0.6 is 24.0 Å². The lowest BCUT2D eigenvalue weighted by Crippen LogP contribution is -2.52. The van der Waals surface area contributed by atoms with E-state index in [1.807, 2.05) is 48.3 Å². The molecule has 1 fully saturated rings. The number of ether oxygens (including phenoxy) is 1. The third-order valence-electron chi connectivity index (χ3n) is 4.83. The summed E-state index contributed by atoms with van der Waals surface area (Å²) in [5.41, 5.74) is 1.30. The molecule has 0 atom stereocenters. The van der Waals surface area contributed by atoms with E-state index in [0.717, 1.165) is 43.9 Å². The zero-order valence-electron chi connectivity index (χ0n) is 15.6. The molecule has 2 aromatic rings. The molecule has 1 aliphatic rings. The number of hydrogen-bond donors (Lipinski definition) is 0. The van der Waals surface area contributed by atoms with Crippen LogP contribution in [0.1, 0.15) is 25.3 Å². The Labute approximate surface area is 172 Å². The first-order valence-corrected chi connectivity index (χ1v) is 9.61. The van der Waals surface area contributed by atoms with Crippen molar-refractivity contribution >= 4 is 30.1 Å². The zero-order chi connectivity index (χ0) is 18.4. The Bertz CT molecular complexity index is 684. The van der Waals surface area contributed by atoms with Crippen LogP contribution in [0, 0.1) is 0 Å². The van der Waals surface area contributed by atoms with Crippen LogP contribution in [0.4, 0.5) is 4.79 Å². The van der Waals surface area contributed by atoms with Gasteiger partial charge in [0.1, 0.15) is 0 Å². The highest BCUT2D eigenvalue weighted by atomic mass is 35.5. The minimum absolute atomic E-state index is 0. The number of nitrogens with zero attached hydrogens (tertiary/aromatic N) is 3. The third-order valence-corrected chi connectivity index (χ3v) is 5.08. The first-order valence-electron chi connectivity index (χ1n) is 9.23. The minimum atomic E-state index is -0.275. The van der Waals surface area contributed by atoms with Crippen molar-refractivity contribution in [3.63, 3.8) is 0 Å². The summed E-state index contributed by atoms with van der Waals surface area (Å²) >= 11 is 5.94. The van der Waals surface area contributed by atoms with E-state index < -0.39 is 0 Å². The largest absolute Gasteiger partial charge is 0.448 e. The number of aromatic nitrogens is 1. The number of hydrogen-bond acceptors (Lipinski definition) is 3. The summed E-state index contributed by atoms with van der Waals surface area (Å²) in [4.78, 5) is 14.9. The Morgan fingerprint density at radius 2 is 1.81 bits per heavy atom. The van der Waals surface area contributed by atoms with Crippen molar-refractivity contribution in [2.45, 2.75) is 32.2 Å². The highest BCUT2D eigenvalue weighted by Crippen LogP contribution is 2.18. The zero-order valence-corrected chi connectivity index (χ0v) is 17.2. The second kappa shape index (κ2) is 10.6. The van der Waals surface area contributed by atoms with Gasteiger partial charge in [0.2, 0.25) is 0 Å². The van der Waals surface area contributed by atoms with Gasteiger partial charge >= 0.3 is 6.09 Å². The SMILES string of the molecule is CCOC(=O)N(C1CCN(CCc2ccc(Cl)cc2)CC1)n1cccc1.Cl. The molecular formula is C20H27Cl2N3O2. The second-order valence-corrected chi connectivity index (χ2v) is 6.99. The van der Waals surface area contributed by atoms with E-state index >= 15 is 0 Å². The Kier molecular flexibility index (Phi) is 8.48. The van der Waals surface area contributed by atoms with Crippen molar-refractivity contribution in [3.8, 4) is 0 Å². The van der Waals surface area contributed by atoms with Crippen LogP contribution in [-0.2, 0) is 11.2 Å². The molecule has 5 nitrogen and oxygen atoms in total. The van der Waals surface area contributed by atoms with Crippen LogP contribution in [0.15, 0.2) is 48.8 Å². The van der Waals surface area contributed by atoms with Gasteiger partial charge in [-0.1, -0.05) is 23.7 Å². The molecule has 0 saturated carbocycles. The molecule has 0 spiro atoms. The number of benzene rings is 1. The maximum absolute atomic E-state index is 12.4. The number of piperidine rings is 1. The molecule has 7 heteroatoms. The lowest BCUT2D eigenvalue weighted by Gasteiger charge is -2.38. The Morgan fingerprint density at radius 3 is 2.41 bits per heavy atom. The van der Waals surface area contributed by atoms with Crippen molar-refractivity contribution in [2.24, 2.45) is 0 Å². The lowest BCUT2D eigenvalue weighted by molar-refractivity contribution is 0.138. The molecule has 0 radical (unpaired) electrons. The van der Waals surface area contributed by atoms with E-state index in [0.29, 0.717) is 6.61 Å². The Morgan fingerprint density at radius 1 is 1.19 bits per heavy atom. The first-order chi connectivity index (χ1) is 12.7. The van der Waals surface area contributed by atoms with Gasteiger partial charge in [-0.25, -0.2) is 9.80 Å². The summed E-state index contributed by atoms with van der Waals surface area (Å²) in [6.07, 6.45) is 6.41. The molecule has 0 bridgehead atoms. The normalized spacial score (nSPS) is 15.2. The van der Waals surface area contributed by atoms with Gasteiger partial charge in [-0.3, -0.25) is 4.68 Å². The first kappa shape index (κ1) is 21.6. The maximum Gasteiger partial charge on any atom is 0.429 e. The number of carbonyl (C=O) groups is 1. The van der Waals surface area contributed by atoms with Gasteiger partial charge in [-0.15, -0.1) is 12.4 Å². The molecular weight excluding hydrogens is 385 g/mol. The van der Waals surface area contributed by atoms with Crippen molar-refractivity contribution in [1.82, 2.24) is 9.58 Å². The quantitative estimate of drug-likeness (QED) is 0.708. The van der Waals surface area contributed by atoms with E-state index in [4.69, 9.17) is 16.3 Å². The number of likely N-dealkylation sites (tertiary alicyclic amines) is 1. The standard InChI is InChI=1S/C20H26ClN3O2.ClH/c1-2-26-20(25)24(23-12-3-4-13-23)19-10-15-22(16-11-19)14-9-17-5-7-18(21)8-6-17;/h3-8,12-13,19H,2,9-11,14-16H2,1H3;1H. The van der Waals surface area contributed by atoms with Crippen LogP contribution < -0.4 is 5.01 Å². The van der Waals surface area contributed by atoms with E-state index in [2.05, 4.69) is 17.0 Å². The highest BCUT2D eigenvalue weighted by molar-refractivity contribution is 6.30. The van der Waals surface area contributed by atoms with E-state index in [-0.39, 0.29) is 24.5 Å². The van der Waals surface area contributed by atoms with Gasteiger partial charge in [0, 0.05) is 37.1 Å². The smallest absolute Gasteiger partial charge is 0.429 e. The third kappa shape index (κ3) is 5.89. The molecule has 1 aromatic carbocycles. The number of halogens is 2. The predicted molar refractivity (Wildman–Crippen MR) is 112 cm³/mol. The van der Waals surface area contributed by atoms with Crippen LogP contribution in [0.25, 0.3) is 0 Å².